The maximum Gasteiger partial charge on any atom is 0.176 e. The van der Waals surface area contributed by atoms with Crippen LogP contribution in [-0.4, -0.2) is 19.7 Å². The first-order valence-electron chi connectivity index (χ1n) is 6.69. The standard InChI is InChI=1S/C15H24N2OSi/c1-13(11-12-14(2)18)16-17(19(3,4)5)15-9-7-6-8-10-15/h6-10H,11-12H2,1-5H3. The molecule has 0 radical (unpaired) electrons. The Morgan fingerprint density at radius 3 is 2.16 bits per heavy atom. The van der Waals surface area contributed by atoms with E-state index in [0.29, 0.717) is 6.42 Å². The van der Waals surface area contributed by atoms with Crippen molar-refractivity contribution in [2.45, 2.75) is 46.3 Å². The second kappa shape index (κ2) is 6.66. The van der Waals surface area contributed by atoms with Gasteiger partial charge in [-0.05, 0) is 52.0 Å². The van der Waals surface area contributed by atoms with E-state index in [0.717, 1.165) is 17.8 Å². The molecule has 0 aliphatic heterocycles. The zero-order chi connectivity index (χ0) is 14.5. The molecule has 0 bridgehead atoms. The minimum absolute atomic E-state index is 0.216. The molecular weight excluding hydrogens is 252 g/mol. The van der Waals surface area contributed by atoms with Gasteiger partial charge in [-0.1, -0.05) is 18.2 Å². The molecule has 0 fully saturated rings. The van der Waals surface area contributed by atoms with Crippen molar-refractivity contribution in [1.82, 2.24) is 0 Å². The van der Waals surface area contributed by atoms with Crippen LogP contribution in [0.3, 0.4) is 0 Å². The lowest BCUT2D eigenvalue weighted by Gasteiger charge is -2.32. The number of anilines is 1. The van der Waals surface area contributed by atoms with Crippen molar-refractivity contribution in [3.8, 4) is 0 Å². The fourth-order valence-electron chi connectivity index (χ4n) is 1.74. The van der Waals surface area contributed by atoms with Gasteiger partial charge >= 0.3 is 0 Å². The number of para-hydroxylation sites is 1. The summed E-state index contributed by atoms with van der Waals surface area (Å²) in [4.78, 5) is 11.0. The lowest BCUT2D eigenvalue weighted by Crippen LogP contribution is -2.43. The van der Waals surface area contributed by atoms with E-state index in [9.17, 15) is 4.79 Å². The predicted octanol–water partition coefficient (Wildman–Crippen LogP) is 4.07. The van der Waals surface area contributed by atoms with Gasteiger partial charge in [0.1, 0.15) is 5.78 Å². The molecule has 0 unspecified atom stereocenters. The second-order valence-electron chi connectivity index (χ2n) is 5.86. The van der Waals surface area contributed by atoms with E-state index in [1.54, 1.807) is 6.92 Å². The van der Waals surface area contributed by atoms with Gasteiger partial charge in [-0.2, -0.15) is 5.10 Å². The summed E-state index contributed by atoms with van der Waals surface area (Å²) in [7, 11) is -1.59. The van der Waals surface area contributed by atoms with Crippen LogP contribution in [0.2, 0.25) is 19.6 Å². The number of Topliss-reactive ketones (excluding diaryl/α,β-unsaturated/α-hetero) is 1. The first-order chi connectivity index (χ1) is 8.80. The van der Waals surface area contributed by atoms with E-state index >= 15 is 0 Å². The number of benzene rings is 1. The molecule has 4 heteroatoms. The van der Waals surface area contributed by atoms with Crippen LogP contribution < -0.4 is 4.67 Å². The molecule has 0 spiro atoms. The Bertz CT molecular complexity index is 449. The number of nitrogens with zero attached hydrogens (tertiary/aromatic N) is 2. The Balaban J connectivity index is 2.94. The van der Waals surface area contributed by atoms with Crippen LogP contribution in [0, 0.1) is 0 Å². The topological polar surface area (TPSA) is 32.7 Å². The van der Waals surface area contributed by atoms with Crippen LogP contribution in [0.15, 0.2) is 35.4 Å². The first-order valence-corrected chi connectivity index (χ1v) is 10.1. The van der Waals surface area contributed by atoms with Crippen molar-refractivity contribution < 1.29 is 4.79 Å². The highest BCUT2D eigenvalue weighted by molar-refractivity contribution is 6.79. The fourth-order valence-corrected chi connectivity index (χ4v) is 3.14. The maximum absolute atomic E-state index is 11.0. The summed E-state index contributed by atoms with van der Waals surface area (Å²) in [5.74, 6) is 0.216. The van der Waals surface area contributed by atoms with Crippen LogP contribution in [0.5, 0.6) is 0 Å². The van der Waals surface area contributed by atoms with Crippen molar-refractivity contribution in [3.63, 3.8) is 0 Å². The molecule has 1 rings (SSSR count). The Morgan fingerprint density at radius 1 is 1.11 bits per heavy atom. The van der Waals surface area contributed by atoms with Crippen LogP contribution in [0.1, 0.15) is 26.7 Å². The zero-order valence-corrected chi connectivity index (χ0v) is 13.6. The molecule has 0 N–H and O–H groups in total. The molecule has 0 saturated heterocycles. The number of carbonyl (C=O) groups is 1. The van der Waals surface area contributed by atoms with Crippen molar-refractivity contribution in [2.75, 3.05) is 4.67 Å². The normalized spacial score (nSPS) is 12.4. The highest BCUT2D eigenvalue weighted by Gasteiger charge is 2.24. The van der Waals surface area contributed by atoms with E-state index in [2.05, 4.69) is 36.4 Å². The largest absolute Gasteiger partial charge is 0.300 e. The molecule has 0 saturated carbocycles. The summed E-state index contributed by atoms with van der Waals surface area (Å²) in [5, 5.41) is 4.75. The van der Waals surface area contributed by atoms with E-state index < -0.39 is 8.24 Å². The smallest absolute Gasteiger partial charge is 0.176 e. The quantitative estimate of drug-likeness (QED) is 0.445. The minimum Gasteiger partial charge on any atom is -0.300 e. The lowest BCUT2D eigenvalue weighted by atomic mass is 10.2. The number of carbonyl (C=O) groups excluding carboxylic acids is 1. The summed E-state index contributed by atoms with van der Waals surface area (Å²) in [6, 6.07) is 10.2. The molecule has 104 valence electrons. The van der Waals surface area contributed by atoms with Gasteiger partial charge in [-0.15, -0.1) is 0 Å². The van der Waals surface area contributed by atoms with Crippen molar-refractivity contribution >= 4 is 25.4 Å². The Kier molecular flexibility index (Phi) is 5.48. The van der Waals surface area contributed by atoms with Gasteiger partial charge in [0.05, 0.1) is 0 Å². The van der Waals surface area contributed by atoms with Gasteiger partial charge in [-0.25, -0.2) is 0 Å². The highest BCUT2D eigenvalue weighted by atomic mass is 28.3. The molecule has 1 aromatic rings. The molecule has 0 heterocycles. The third kappa shape index (κ3) is 5.38. The average Bonchev–Trinajstić information content (AvgIpc) is 2.33. The summed E-state index contributed by atoms with van der Waals surface area (Å²) in [6.07, 6.45) is 1.31. The Labute approximate surface area is 117 Å². The summed E-state index contributed by atoms with van der Waals surface area (Å²) in [5.41, 5.74) is 2.14. The van der Waals surface area contributed by atoms with Crippen LogP contribution >= 0.6 is 0 Å². The van der Waals surface area contributed by atoms with Gasteiger partial charge in [-0.3, -0.25) is 4.67 Å². The van der Waals surface area contributed by atoms with Gasteiger partial charge in [0.15, 0.2) is 8.24 Å². The maximum atomic E-state index is 11.0. The van der Waals surface area contributed by atoms with Gasteiger partial charge < -0.3 is 4.79 Å². The molecule has 0 aromatic heterocycles. The molecule has 1 aromatic carbocycles. The molecule has 0 atom stereocenters. The third-order valence-electron chi connectivity index (χ3n) is 2.75. The van der Waals surface area contributed by atoms with Crippen molar-refractivity contribution in [1.29, 1.82) is 0 Å². The van der Waals surface area contributed by atoms with Gasteiger partial charge in [0.2, 0.25) is 0 Å². The Morgan fingerprint density at radius 2 is 1.68 bits per heavy atom. The van der Waals surface area contributed by atoms with E-state index in [4.69, 9.17) is 5.10 Å². The molecule has 0 aliphatic carbocycles. The number of hydrogen-bond donors (Lipinski definition) is 0. The van der Waals surface area contributed by atoms with Crippen LogP contribution in [0.25, 0.3) is 0 Å². The highest BCUT2D eigenvalue weighted by Crippen LogP contribution is 2.22. The van der Waals surface area contributed by atoms with E-state index in [-0.39, 0.29) is 5.78 Å². The lowest BCUT2D eigenvalue weighted by molar-refractivity contribution is -0.116. The van der Waals surface area contributed by atoms with Crippen molar-refractivity contribution in [3.05, 3.63) is 30.3 Å². The number of hydrogen-bond acceptors (Lipinski definition) is 3. The summed E-state index contributed by atoms with van der Waals surface area (Å²) in [6.45, 7) is 10.4. The first kappa shape index (κ1) is 15.6. The summed E-state index contributed by atoms with van der Waals surface area (Å²) >= 11 is 0. The molecule has 0 amide bonds. The number of ketones is 1. The summed E-state index contributed by atoms with van der Waals surface area (Å²) < 4.78 is 2.16. The van der Waals surface area contributed by atoms with Crippen molar-refractivity contribution in [2.24, 2.45) is 5.10 Å². The SMILES string of the molecule is CC(=O)CCC(C)=NN(c1ccccc1)[Si](C)(C)C. The predicted molar refractivity (Wildman–Crippen MR) is 85.3 cm³/mol. The fraction of sp³-hybridized carbons (Fsp3) is 0.467. The van der Waals surface area contributed by atoms with Gasteiger partial charge in [0, 0.05) is 17.8 Å². The monoisotopic (exact) mass is 276 g/mol. The van der Waals surface area contributed by atoms with Crippen LogP contribution in [-0.2, 0) is 4.79 Å². The number of hydrazone groups is 1. The van der Waals surface area contributed by atoms with E-state index in [1.807, 2.05) is 25.1 Å². The molecule has 19 heavy (non-hydrogen) atoms. The number of rotatable bonds is 6. The van der Waals surface area contributed by atoms with E-state index in [1.165, 1.54) is 0 Å². The average molecular weight is 276 g/mol. The zero-order valence-electron chi connectivity index (χ0n) is 12.6. The van der Waals surface area contributed by atoms with Gasteiger partial charge in [0.25, 0.3) is 0 Å². The third-order valence-corrected chi connectivity index (χ3v) is 4.37. The van der Waals surface area contributed by atoms with Crippen LogP contribution in [0.4, 0.5) is 5.69 Å². The molecule has 0 aliphatic rings. The minimum atomic E-state index is -1.59. The second-order valence-corrected chi connectivity index (χ2v) is 10.6. The Hall–Kier alpha value is -1.42. The molecular formula is C15H24N2OSi. The molecule has 3 nitrogen and oxygen atoms in total.